The standard InChI is InChI=1S/C14H16F3NO/c1-13(2)7-18-12-10-4-3-9(14(15,16)17)5-8(10)6-11(12)19-13/h3-5,11-12,18H,6-7H2,1-2H3/t11-,12+/m1/s1. The Kier molecular flexibility index (Phi) is 2.70. The zero-order valence-electron chi connectivity index (χ0n) is 10.8. The lowest BCUT2D eigenvalue weighted by Crippen LogP contribution is -2.50. The van der Waals surface area contributed by atoms with E-state index in [-0.39, 0.29) is 17.7 Å². The molecule has 0 radical (unpaired) electrons. The topological polar surface area (TPSA) is 21.3 Å². The molecule has 1 aromatic rings. The lowest BCUT2D eigenvalue weighted by atomic mass is 10.0. The Morgan fingerprint density at radius 2 is 2.05 bits per heavy atom. The quantitative estimate of drug-likeness (QED) is 0.783. The smallest absolute Gasteiger partial charge is 0.369 e. The van der Waals surface area contributed by atoms with E-state index < -0.39 is 11.7 Å². The highest BCUT2D eigenvalue weighted by atomic mass is 19.4. The highest BCUT2D eigenvalue weighted by Gasteiger charge is 2.42. The van der Waals surface area contributed by atoms with Crippen molar-refractivity contribution in [2.75, 3.05) is 6.54 Å². The molecule has 1 aliphatic carbocycles. The van der Waals surface area contributed by atoms with Crippen LogP contribution in [0, 0.1) is 0 Å². The Bertz CT molecular complexity index is 510. The van der Waals surface area contributed by atoms with Crippen LogP contribution >= 0.6 is 0 Å². The van der Waals surface area contributed by atoms with Crippen LogP contribution in [0.3, 0.4) is 0 Å². The summed E-state index contributed by atoms with van der Waals surface area (Å²) in [5.74, 6) is 0. The van der Waals surface area contributed by atoms with Crippen molar-refractivity contribution in [1.29, 1.82) is 0 Å². The molecule has 1 N–H and O–H groups in total. The minimum atomic E-state index is -4.28. The number of fused-ring (bicyclic) bond motifs is 3. The lowest BCUT2D eigenvalue weighted by molar-refractivity contribution is -0.137. The van der Waals surface area contributed by atoms with Crippen LogP contribution in [0.15, 0.2) is 18.2 Å². The number of nitrogens with one attached hydrogen (secondary N) is 1. The number of halogens is 3. The molecule has 1 heterocycles. The second-order valence-corrected chi connectivity index (χ2v) is 5.89. The van der Waals surface area contributed by atoms with Gasteiger partial charge in [-0.1, -0.05) is 6.07 Å². The molecular formula is C14H16F3NO. The average molecular weight is 271 g/mol. The Hall–Kier alpha value is -1.07. The van der Waals surface area contributed by atoms with Gasteiger partial charge in [0.2, 0.25) is 0 Å². The van der Waals surface area contributed by atoms with Crippen LogP contribution in [-0.4, -0.2) is 18.2 Å². The summed E-state index contributed by atoms with van der Waals surface area (Å²) in [5, 5.41) is 3.38. The Morgan fingerprint density at radius 1 is 1.32 bits per heavy atom. The number of benzene rings is 1. The molecule has 0 amide bonds. The SMILES string of the molecule is CC1(C)CN[C@H]2c3ccc(C(F)(F)F)cc3C[C@H]2O1. The van der Waals surface area contributed by atoms with Gasteiger partial charge in [0.1, 0.15) is 0 Å². The van der Waals surface area contributed by atoms with E-state index in [4.69, 9.17) is 4.74 Å². The van der Waals surface area contributed by atoms with Gasteiger partial charge in [0.15, 0.2) is 0 Å². The summed E-state index contributed by atoms with van der Waals surface area (Å²) in [6.45, 7) is 4.68. The Labute approximate surface area is 109 Å². The van der Waals surface area contributed by atoms with E-state index in [0.717, 1.165) is 17.2 Å². The average Bonchev–Trinajstić information content (AvgIpc) is 2.61. The van der Waals surface area contributed by atoms with Crippen molar-refractivity contribution in [1.82, 2.24) is 5.32 Å². The largest absolute Gasteiger partial charge is 0.416 e. The molecule has 0 spiro atoms. The number of rotatable bonds is 0. The molecule has 3 rings (SSSR count). The summed E-state index contributed by atoms with van der Waals surface area (Å²) in [7, 11) is 0. The molecule has 2 nitrogen and oxygen atoms in total. The van der Waals surface area contributed by atoms with Crippen LogP contribution in [0.4, 0.5) is 13.2 Å². The number of hydrogen-bond acceptors (Lipinski definition) is 2. The molecule has 5 heteroatoms. The number of alkyl halides is 3. The maximum absolute atomic E-state index is 12.7. The second-order valence-electron chi connectivity index (χ2n) is 5.89. The maximum atomic E-state index is 12.7. The van der Waals surface area contributed by atoms with Crippen molar-refractivity contribution in [3.63, 3.8) is 0 Å². The normalized spacial score (nSPS) is 28.9. The van der Waals surface area contributed by atoms with Crippen molar-refractivity contribution in [2.24, 2.45) is 0 Å². The van der Waals surface area contributed by atoms with Crippen LogP contribution in [0.25, 0.3) is 0 Å². The van der Waals surface area contributed by atoms with Crippen LogP contribution in [0.5, 0.6) is 0 Å². The minimum Gasteiger partial charge on any atom is -0.369 e. The Balaban J connectivity index is 1.92. The van der Waals surface area contributed by atoms with Gasteiger partial charge >= 0.3 is 6.18 Å². The molecule has 0 saturated carbocycles. The summed E-state index contributed by atoms with van der Waals surface area (Å²) >= 11 is 0. The van der Waals surface area contributed by atoms with E-state index in [2.05, 4.69) is 5.32 Å². The number of ether oxygens (including phenoxy) is 1. The fourth-order valence-corrected chi connectivity index (χ4v) is 2.96. The van der Waals surface area contributed by atoms with Crippen molar-refractivity contribution < 1.29 is 17.9 Å². The zero-order chi connectivity index (χ0) is 13.8. The van der Waals surface area contributed by atoms with Gasteiger partial charge in [0.25, 0.3) is 0 Å². The van der Waals surface area contributed by atoms with Crippen molar-refractivity contribution in [3.8, 4) is 0 Å². The predicted molar refractivity (Wildman–Crippen MR) is 64.8 cm³/mol. The highest BCUT2D eigenvalue weighted by Crippen LogP contribution is 2.40. The lowest BCUT2D eigenvalue weighted by Gasteiger charge is -2.39. The fraction of sp³-hybridized carbons (Fsp3) is 0.571. The molecule has 1 aliphatic heterocycles. The molecule has 1 fully saturated rings. The van der Waals surface area contributed by atoms with Crippen LogP contribution in [0.1, 0.15) is 36.6 Å². The monoisotopic (exact) mass is 271 g/mol. The van der Waals surface area contributed by atoms with Gasteiger partial charge in [-0.2, -0.15) is 13.2 Å². The molecular weight excluding hydrogens is 255 g/mol. The third-order valence-electron chi connectivity index (χ3n) is 3.82. The molecule has 0 unspecified atom stereocenters. The van der Waals surface area contributed by atoms with Crippen molar-refractivity contribution >= 4 is 0 Å². The molecule has 1 aromatic carbocycles. The predicted octanol–water partition coefficient (Wildman–Crippen LogP) is 3.07. The van der Waals surface area contributed by atoms with Crippen LogP contribution < -0.4 is 5.32 Å². The maximum Gasteiger partial charge on any atom is 0.416 e. The van der Waals surface area contributed by atoms with E-state index in [0.29, 0.717) is 13.0 Å². The molecule has 2 atom stereocenters. The van der Waals surface area contributed by atoms with Crippen molar-refractivity contribution in [2.45, 2.75) is 44.2 Å². The molecule has 104 valence electrons. The fourth-order valence-electron chi connectivity index (χ4n) is 2.96. The van der Waals surface area contributed by atoms with Gasteiger partial charge in [-0.15, -0.1) is 0 Å². The van der Waals surface area contributed by atoms with Crippen LogP contribution in [-0.2, 0) is 17.3 Å². The van der Waals surface area contributed by atoms with E-state index in [1.54, 1.807) is 6.07 Å². The molecule has 0 aromatic heterocycles. The number of morpholine rings is 1. The first kappa shape index (κ1) is 12.9. The molecule has 2 aliphatic rings. The van der Waals surface area contributed by atoms with Gasteiger partial charge in [0, 0.05) is 13.0 Å². The van der Waals surface area contributed by atoms with E-state index in [1.165, 1.54) is 6.07 Å². The van der Waals surface area contributed by atoms with Gasteiger partial charge < -0.3 is 10.1 Å². The van der Waals surface area contributed by atoms with Gasteiger partial charge in [0.05, 0.1) is 23.3 Å². The summed E-state index contributed by atoms with van der Waals surface area (Å²) in [4.78, 5) is 0. The third kappa shape index (κ3) is 2.25. The van der Waals surface area contributed by atoms with Gasteiger partial charge in [-0.05, 0) is 37.1 Å². The summed E-state index contributed by atoms with van der Waals surface area (Å²) < 4.78 is 44.1. The van der Waals surface area contributed by atoms with E-state index in [9.17, 15) is 13.2 Å². The molecule has 1 saturated heterocycles. The number of hydrogen-bond donors (Lipinski definition) is 1. The van der Waals surface area contributed by atoms with E-state index in [1.807, 2.05) is 13.8 Å². The van der Waals surface area contributed by atoms with Crippen molar-refractivity contribution in [3.05, 3.63) is 34.9 Å². The first-order valence-electron chi connectivity index (χ1n) is 6.37. The minimum absolute atomic E-state index is 0.0188. The summed E-state index contributed by atoms with van der Waals surface area (Å²) in [6.07, 6.45) is -3.81. The van der Waals surface area contributed by atoms with Gasteiger partial charge in [-0.25, -0.2) is 0 Å². The Morgan fingerprint density at radius 3 is 2.74 bits per heavy atom. The summed E-state index contributed by atoms with van der Waals surface area (Å²) in [6, 6.07) is 4.01. The first-order chi connectivity index (χ1) is 8.76. The molecule has 0 bridgehead atoms. The summed E-state index contributed by atoms with van der Waals surface area (Å²) in [5.41, 5.74) is 0.837. The van der Waals surface area contributed by atoms with E-state index >= 15 is 0 Å². The highest BCUT2D eigenvalue weighted by molar-refractivity contribution is 5.41. The van der Waals surface area contributed by atoms with Crippen LogP contribution in [0.2, 0.25) is 0 Å². The third-order valence-corrected chi connectivity index (χ3v) is 3.82. The van der Waals surface area contributed by atoms with Gasteiger partial charge in [-0.3, -0.25) is 0 Å². The first-order valence-corrected chi connectivity index (χ1v) is 6.37. The molecule has 19 heavy (non-hydrogen) atoms. The second kappa shape index (κ2) is 3.96. The zero-order valence-corrected chi connectivity index (χ0v) is 10.8.